The van der Waals surface area contributed by atoms with Gasteiger partial charge < -0.3 is 10.5 Å². The minimum atomic E-state index is -2.68. The van der Waals surface area contributed by atoms with Gasteiger partial charge in [-0.2, -0.15) is 5.10 Å². The molecule has 0 bridgehead atoms. The average molecular weight is 312 g/mol. The molecule has 0 aliphatic heterocycles. The van der Waals surface area contributed by atoms with Crippen molar-refractivity contribution >= 4 is 0 Å². The van der Waals surface area contributed by atoms with Gasteiger partial charge in [0, 0.05) is 24.7 Å². The number of nitrogens with zero attached hydrogens (tertiary/aromatic N) is 3. The van der Waals surface area contributed by atoms with Crippen molar-refractivity contribution in [1.82, 2.24) is 14.8 Å². The van der Waals surface area contributed by atoms with Gasteiger partial charge in [0.15, 0.2) is 11.6 Å². The number of halogens is 3. The second kappa shape index (κ2) is 7.08. The fourth-order valence-electron chi connectivity index (χ4n) is 1.72. The summed E-state index contributed by atoms with van der Waals surface area (Å²) in [5, 5.41) is 3.94. The summed E-state index contributed by atoms with van der Waals surface area (Å²) in [7, 11) is 1.41. The van der Waals surface area contributed by atoms with Gasteiger partial charge in [0.05, 0.1) is 6.33 Å². The van der Waals surface area contributed by atoms with Crippen LogP contribution in [0.15, 0.2) is 36.2 Å². The highest BCUT2D eigenvalue weighted by molar-refractivity contribution is 5.55. The van der Waals surface area contributed by atoms with Crippen molar-refractivity contribution < 1.29 is 17.9 Å². The summed E-state index contributed by atoms with van der Waals surface area (Å²) in [4.78, 5) is 3.80. The zero-order valence-electron chi connectivity index (χ0n) is 11.8. The van der Waals surface area contributed by atoms with Crippen LogP contribution < -0.4 is 10.5 Å². The van der Waals surface area contributed by atoms with Gasteiger partial charge in [-0.15, -0.1) is 0 Å². The maximum Gasteiger partial charge on any atom is 0.297 e. The molecule has 118 valence electrons. The maximum atomic E-state index is 12.7. The first kappa shape index (κ1) is 16.0. The van der Waals surface area contributed by atoms with E-state index in [1.807, 2.05) is 0 Å². The van der Waals surface area contributed by atoms with Crippen LogP contribution in [0.1, 0.15) is 12.2 Å². The average Bonchev–Trinajstić information content (AvgIpc) is 2.91. The summed E-state index contributed by atoms with van der Waals surface area (Å²) >= 11 is 0. The van der Waals surface area contributed by atoms with Crippen LogP contribution in [-0.4, -0.2) is 27.9 Å². The van der Waals surface area contributed by atoms with Crippen molar-refractivity contribution in [3.63, 3.8) is 0 Å². The number of benzene rings is 1. The second-order valence-electron chi connectivity index (χ2n) is 4.50. The molecule has 0 unspecified atom stereocenters. The summed E-state index contributed by atoms with van der Waals surface area (Å²) in [6.45, 7) is 0.118. The van der Waals surface area contributed by atoms with Crippen LogP contribution in [0, 0.1) is 0 Å². The number of ether oxygens (including phenoxy) is 1. The molecule has 0 aliphatic carbocycles. The Morgan fingerprint density at radius 3 is 2.55 bits per heavy atom. The van der Waals surface area contributed by atoms with Crippen LogP contribution in [0.2, 0.25) is 0 Å². The summed E-state index contributed by atoms with van der Waals surface area (Å²) in [5.41, 5.74) is 6.23. The zero-order valence-corrected chi connectivity index (χ0v) is 11.8. The van der Waals surface area contributed by atoms with Crippen LogP contribution in [-0.2, 0) is 7.05 Å². The molecule has 0 radical (unpaired) electrons. The molecule has 0 amide bonds. The summed E-state index contributed by atoms with van der Waals surface area (Å²) in [5.74, 6) is 0.313. The predicted molar refractivity (Wildman–Crippen MR) is 75.1 cm³/mol. The number of aryl methyl sites for hydroxylation is 1. The molecule has 1 heterocycles. The van der Waals surface area contributed by atoms with Gasteiger partial charge in [-0.1, -0.05) is 0 Å². The van der Waals surface area contributed by atoms with Gasteiger partial charge in [-0.3, -0.25) is 0 Å². The molecule has 0 spiro atoms. The van der Waals surface area contributed by atoms with Gasteiger partial charge >= 0.3 is 0 Å². The highest BCUT2D eigenvalue weighted by Crippen LogP contribution is 2.23. The van der Waals surface area contributed by atoms with Crippen LogP contribution in [0.25, 0.3) is 11.4 Å². The molecule has 5 nitrogen and oxygen atoms in total. The Bertz CT molecular complexity index is 653. The Kier molecular flexibility index (Phi) is 5.16. The molecule has 0 aliphatic rings. The standard InChI is InChI=1S/C14H15F3N4O/c1-21-14(12(16)17)19-13(20-21)10-2-4-11(5-3-10)22-8-9(6-15)7-18/h2-6,12H,7-8,18H2,1H3/b9-6+. The molecule has 0 atom stereocenters. The number of hydrogen-bond donors (Lipinski definition) is 1. The minimum Gasteiger partial charge on any atom is -0.489 e. The van der Waals surface area contributed by atoms with Gasteiger partial charge in [0.1, 0.15) is 12.4 Å². The van der Waals surface area contributed by atoms with E-state index in [0.29, 0.717) is 23.2 Å². The van der Waals surface area contributed by atoms with E-state index in [0.717, 1.165) is 4.68 Å². The van der Waals surface area contributed by atoms with E-state index in [1.54, 1.807) is 24.3 Å². The summed E-state index contributed by atoms with van der Waals surface area (Å²) in [6, 6.07) is 6.53. The fraction of sp³-hybridized carbons (Fsp3) is 0.286. The highest BCUT2D eigenvalue weighted by atomic mass is 19.3. The molecule has 2 aromatic rings. The normalized spacial score (nSPS) is 12.0. The van der Waals surface area contributed by atoms with E-state index < -0.39 is 12.2 Å². The first-order valence-electron chi connectivity index (χ1n) is 6.45. The molecule has 2 rings (SSSR count). The van der Waals surface area contributed by atoms with Crippen molar-refractivity contribution in [1.29, 1.82) is 0 Å². The van der Waals surface area contributed by atoms with Crippen LogP contribution >= 0.6 is 0 Å². The Balaban J connectivity index is 2.10. The Morgan fingerprint density at radius 2 is 2.05 bits per heavy atom. The lowest BCUT2D eigenvalue weighted by molar-refractivity contribution is 0.135. The lowest BCUT2D eigenvalue weighted by Crippen LogP contribution is -2.10. The van der Waals surface area contributed by atoms with Crippen LogP contribution in [0.3, 0.4) is 0 Å². The summed E-state index contributed by atoms with van der Waals surface area (Å²) < 4.78 is 44.1. The Labute approximate surface area is 125 Å². The van der Waals surface area contributed by atoms with Crippen molar-refractivity contribution in [2.45, 2.75) is 6.43 Å². The van der Waals surface area contributed by atoms with E-state index in [9.17, 15) is 13.2 Å². The SMILES string of the molecule is Cn1nc(-c2ccc(OC/C(=C/F)CN)cc2)nc1C(F)F. The molecule has 8 heteroatoms. The summed E-state index contributed by atoms with van der Waals surface area (Å²) in [6.07, 6.45) is -2.27. The van der Waals surface area contributed by atoms with E-state index in [4.69, 9.17) is 10.5 Å². The van der Waals surface area contributed by atoms with E-state index >= 15 is 0 Å². The quantitative estimate of drug-likeness (QED) is 0.890. The maximum absolute atomic E-state index is 12.7. The molecule has 22 heavy (non-hydrogen) atoms. The number of alkyl halides is 2. The lowest BCUT2D eigenvalue weighted by atomic mass is 10.2. The van der Waals surface area contributed by atoms with Crippen LogP contribution in [0.4, 0.5) is 13.2 Å². The smallest absolute Gasteiger partial charge is 0.297 e. The van der Waals surface area contributed by atoms with E-state index in [-0.39, 0.29) is 19.0 Å². The second-order valence-corrected chi connectivity index (χ2v) is 4.50. The monoisotopic (exact) mass is 312 g/mol. The predicted octanol–water partition coefficient (Wildman–Crippen LogP) is 2.61. The van der Waals surface area contributed by atoms with Gasteiger partial charge in [0.2, 0.25) is 0 Å². The first-order valence-corrected chi connectivity index (χ1v) is 6.45. The highest BCUT2D eigenvalue weighted by Gasteiger charge is 2.17. The van der Waals surface area contributed by atoms with Crippen molar-refractivity contribution in [3.8, 4) is 17.1 Å². The molecule has 0 saturated carbocycles. The number of nitrogens with two attached hydrogens (primary N) is 1. The molecule has 0 saturated heterocycles. The van der Waals surface area contributed by atoms with Gasteiger partial charge in [-0.25, -0.2) is 22.8 Å². The zero-order chi connectivity index (χ0) is 16.1. The van der Waals surface area contributed by atoms with E-state index in [2.05, 4.69) is 10.1 Å². The van der Waals surface area contributed by atoms with Gasteiger partial charge in [-0.05, 0) is 24.3 Å². The third-order valence-electron chi connectivity index (χ3n) is 2.95. The van der Waals surface area contributed by atoms with E-state index in [1.165, 1.54) is 7.05 Å². The lowest BCUT2D eigenvalue weighted by Gasteiger charge is -2.07. The molecular formula is C14H15F3N4O. The molecule has 1 aromatic carbocycles. The van der Waals surface area contributed by atoms with Crippen molar-refractivity contribution in [3.05, 3.63) is 42.0 Å². The topological polar surface area (TPSA) is 66.0 Å². The van der Waals surface area contributed by atoms with Crippen molar-refractivity contribution in [2.24, 2.45) is 12.8 Å². The first-order chi connectivity index (χ1) is 10.5. The fourth-order valence-corrected chi connectivity index (χ4v) is 1.72. The molecular weight excluding hydrogens is 297 g/mol. The van der Waals surface area contributed by atoms with Crippen LogP contribution in [0.5, 0.6) is 5.75 Å². The minimum absolute atomic E-state index is 0.0454. The third kappa shape index (κ3) is 3.64. The number of aromatic nitrogens is 3. The Morgan fingerprint density at radius 1 is 1.36 bits per heavy atom. The largest absolute Gasteiger partial charge is 0.489 e. The Hall–Kier alpha value is -2.35. The molecule has 2 N–H and O–H groups in total. The van der Waals surface area contributed by atoms with Gasteiger partial charge in [0.25, 0.3) is 6.43 Å². The number of rotatable bonds is 6. The number of hydrogen-bond acceptors (Lipinski definition) is 4. The third-order valence-corrected chi connectivity index (χ3v) is 2.95. The van der Waals surface area contributed by atoms with Crippen molar-refractivity contribution in [2.75, 3.05) is 13.2 Å². The molecule has 1 aromatic heterocycles. The molecule has 0 fully saturated rings.